The first-order chi connectivity index (χ1) is 13.3. The second-order valence-corrected chi connectivity index (χ2v) is 6.78. The summed E-state index contributed by atoms with van der Waals surface area (Å²) in [6, 6.07) is 2.79. The molecular weight excluding hydrogens is 372 g/mol. The molecule has 148 valence electrons. The van der Waals surface area contributed by atoms with Crippen LogP contribution in [-0.4, -0.2) is 40.5 Å². The first-order valence-corrected chi connectivity index (χ1v) is 8.66. The molecule has 0 spiro atoms. The Bertz CT molecular complexity index is 928. The molecule has 2 heterocycles. The van der Waals surface area contributed by atoms with Gasteiger partial charge in [0.15, 0.2) is 0 Å². The normalized spacial score (nSPS) is 16.5. The number of rotatable bonds is 5. The predicted molar refractivity (Wildman–Crippen MR) is 96.6 cm³/mol. The molecule has 2 aromatic rings. The maximum Gasteiger partial charge on any atom is 0.256 e. The van der Waals surface area contributed by atoms with Crippen LogP contribution in [-0.2, 0) is 9.59 Å². The van der Waals surface area contributed by atoms with Gasteiger partial charge in [0.2, 0.25) is 11.8 Å². The van der Waals surface area contributed by atoms with Crippen LogP contribution < -0.4 is 15.5 Å². The minimum atomic E-state index is -0.879. The molecule has 8 nitrogen and oxygen atoms in total. The van der Waals surface area contributed by atoms with E-state index in [1.54, 1.807) is 13.8 Å². The third-order valence-corrected chi connectivity index (χ3v) is 4.25. The molecule has 1 saturated heterocycles. The summed E-state index contributed by atoms with van der Waals surface area (Å²) >= 11 is 0. The number of carbonyl (C=O) groups excluding carboxylic acids is 3. The summed E-state index contributed by atoms with van der Waals surface area (Å²) in [5, 5.41) is 11.5. The van der Waals surface area contributed by atoms with E-state index in [0.717, 1.165) is 17.0 Å². The van der Waals surface area contributed by atoms with Crippen molar-refractivity contribution in [2.75, 3.05) is 16.8 Å². The van der Waals surface area contributed by atoms with Crippen molar-refractivity contribution in [3.05, 3.63) is 41.6 Å². The van der Waals surface area contributed by atoms with Gasteiger partial charge in [-0.05, 0) is 26.0 Å². The lowest BCUT2D eigenvalue weighted by atomic mass is 10.1. The van der Waals surface area contributed by atoms with Crippen LogP contribution in [0.25, 0.3) is 0 Å². The molecule has 28 heavy (non-hydrogen) atoms. The van der Waals surface area contributed by atoms with Crippen molar-refractivity contribution in [1.29, 1.82) is 0 Å². The number of aromatic amines is 1. The standard InChI is InChI=1S/C18H19F2N5O3/c1-9(2)22-18(28)12-7-21-24-16(12)23-17(27)10-5-15(26)25(8-10)14-4-3-11(19)6-13(14)20/h3-4,6-7,9-10H,5,8H2,1-2H3,(H,22,28)(H2,21,23,24,27)/t10-/m1/s1. The number of aromatic nitrogens is 2. The van der Waals surface area contributed by atoms with Crippen LogP contribution in [0, 0.1) is 17.6 Å². The lowest BCUT2D eigenvalue weighted by Gasteiger charge is -2.17. The summed E-state index contributed by atoms with van der Waals surface area (Å²) in [5.41, 5.74) is 0.0769. The number of benzene rings is 1. The largest absolute Gasteiger partial charge is 0.350 e. The van der Waals surface area contributed by atoms with Gasteiger partial charge in [0.05, 0.1) is 17.8 Å². The fraction of sp³-hybridized carbons (Fsp3) is 0.333. The van der Waals surface area contributed by atoms with Crippen LogP contribution in [0.2, 0.25) is 0 Å². The summed E-state index contributed by atoms with van der Waals surface area (Å²) in [5.74, 6) is -3.65. The van der Waals surface area contributed by atoms with E-state index in [-0.39, 0.29) is 36.1 Å². The van der Waals surface area contributed by atoms with Crippen LogP contribution >= 0.6 is 0 Å². The molecule has 0 bridgehead atoms. The molecule has 0 aliphatic carbocycles. The van der Waals surface area contributed by atoms with Crippen molar-refractivity contribution in [2.45, 2.75) is 26.3 Å². The third kappa shape index (κ3) is 4.00. The molecule has 0 saturated carbocycles. The highest BCUT2D eigenvalue weighted by molar-refractivity contribution is 6.06. The van der Waals surface area contributed by atoms with E-state index in [2.05, 4.69) is 20.8 Å². The first-order valence-electron chi connectivity index (χ1n) is 8.66. The highest BCUT2D eigenvalue weighted by atomic mass is 19.1. The summed E-state index contributed by atoms with van der Waals surface area (Å²) in [6.45, 7) is 3.53. The highest BCUT2D eigenvalue weighted by Gasteiger charge is 2.36. The van der Waals surface area contributed by atoms with E-state index in [4.69, 9.17) is 0 Å². The number of hydrogen-bond donors (Lipinski definition) is 3. The van der Waals surface area contributed by atoms with Crippen molar-refractivity contribution >= 4 is 29.2 Å². The molecule has 1 aromatic carbocycles. The van der Waals surface area contributed by atoms with Crippen LogP contribution in [0.4, 0.5) is 20.3 Å². The van der Waals surface area contributed by atoms with Crippen molar-refractivity contribution in [3.8, 4) is 0 Å². The third-order valence-electron chi connectivity index (χ3n) is 4.25. The summed E-state index contributed by atoms with van der Waals surface area (Å²) in [7, 11) is 0. The zero-order valence-corrected chi connectivity index (χ0v) is 15.3. The van der Waals surface area contributed by atoms with Gasteiger partial charge < -0.3 is 15.5 Å². The number of nitrogens with zero attached hydrogens (tertiary/aromatic N) is 2. The zero-order chi connectivity index (χ0) is 20.4. The molecule has 1 fully saturated rings. The van der Waals surface area contributed by atoms with Gasteiger partial charge in [-0.25, -0.2) is 8.78 Å². The average molecular weight is 391 g/mol. The summed E-state index contributed by atoms with van der Waals surface area (Å²) < 4.78 is 27.0. The second-order valence-electron chi connectivity index (χ2n) is 6.78. The van der Waals surface area contributed by atoms with Crippen molar-refractivity contribution in [3.63, 3.8) is 0 Å². The number of H-pyrrole nitrogens is 1. The van der Waals surface area contributed by atoms with Crippen molar-refractivity contribution in [1.82, 2.24) is 15.5 Å². The van der Waals surface area contributed by atoms with E-state index < -0.39 is 35.3 Å². The molecule has 1 aliphatic rings. The lowest BCUT2D eigenvalue weighted by Crippen LogP contribution is -2.32. The van der Waals surface area contributed by atoms with E-state index >= 15 is 0 Å². The van der Waals surface area contributed by atoms with E-state index in [1.807, 2.05) is 0 Å². The molecule has 3 amide bonds. The maximum atomic E-state index is 14.0. The van der Waals surface area contributed by atoms with Gasteiger partial charge in [0.25, 0.3) is 5.91 Å². The fourth-order valence-electron chi connectivity index (χ4n) is 2.93. The van der Waals surface area contributed by atoms with Crippen LogP contribution in [0.3, 0.4) is 0 Å². The quantitative estimate of drug-likeness (QED) is 0.723. The Morgan fingerprint density at radius 3 is 2.75 bits per heavy atom. The molecule has 3 N–H and O–H groups in total. The fourth-order valence-corrected chi connectivity index (χ4v) is 2.93. The Morgan fingerprint density at radius 1 is 1.32 bits per heavy atom. The topological polar surface area (TPSA) is 107 Å². The minimum Gasteiger partial charge on any atom is -0.350 e. The van der Waals surface area contributed by atoms with Crippen LogP contribution in [0.15, 0.2) is 24.4 Å². The number of anilines is 2. The smallest absolute Gasteiger partial charge is 0.256 e. The number of halogens is 2. The lowest BCUT2D eigenvalue weighted by molar-refractivity contribution is -0.122. The van der Waals surface area contributed by atoms with Crippen LogP contribution in [0.1, 0.15) is 30.6 Å². The Kier molecular flexibility index (Phi) is 5.39. The van der Waals surface area contributed by atoms with Gasteiger partial charge in [0, 0.05) is 25.1 Å². The first kappa shape index (κ1) is 19.5. The summed E-state index contributed by atoms with van der Waals surface area (Å²) in [4.78, 5) is 38.0. The Balaban J connectivity index is 1.71. The van der Waals surface area contributed by atoms with Crippen molar-refractivity contribution < 1.29 is 23.2 Å². The molecule has 1 aliphatic heterocycles. The number of nitrogens with one attached hydrogen (secondary N) is 3. The Morgan fingerprint density at radius 2 is 2.07 bits per heavy atom. The van der Waals surface area contributed by atoms with E-state index in [9.17, 15) is 23.2 Å². The van der Waals surface area contributed by atoms with Crippen LogP contribution in [0.5, 0.6) is 0 Å². The molecule has 1 atom stereocenters. The molecule has 0 radical (unpaired) electrons. The van der Waals surface area contributed by atoms with Gasteiger partial charge >= 0.3 is 0 Å². The highest BCUT2D eigenvalue weighted by Crippen LogP contribution is 2.28. The SMILES string of the molecule is CC(C)NC(=O)c1cn[nH]c1NC(=O)[C@@H]1CC(=O)N(c2ccc(F)cc2F)C1. The molecular formula is C18H19F2N5O3. The van der Waals surface area contributed by atoms with E-state index in [1.165, 1.54) is 6.20 Å². The van der Waals surface area contributed by atoms with Gasteiger partial charge in [-0.1, -0.05) is 0 Å². The van der Waals surface area contributed by atoms with Crippen molar-refractivity contribution in [2.24, 2.45) is 5.92 Å². The number of carbonyl (C=O) groups is 3. The monoisotopic (exact) mass is 391 g/mol. The molecule has 10 heteroatoms. The Labute approximate surface area is 159 Å². The maximum absolute atomic E-state index is 14.0. The van der Waals surface area contributed by atoms with Gasteiger partial charge in [0.1, 0.15) is 23.0 Å². The average Bonchev–Trinajstić information content (AvgIpc) is 3.21. The van der Waals surface area contributed by atoms with Gasteiger partial charge in [-0.3, -0.25) is 19.5 Å². The molecule has 1 aromatic heterocycles. The molecule has 3 rings (SSSR count). The second kappa shape index (κ2) is 7.75. The van der Waals surface area contributed by atoms with Gasteiger partial charge in [-0.2, -0.15) is 5.10 Å². The number of amides is 3. The predicted octanol–water partition coefficient (Wildman–Crippen LogP) is 1.82. The zero-order valence-electron chi connectivity index (χ0n) is 15.3. The number of hydrogen-bond acceptors (Lipinski definition) is 4. The molecule has 0 unspecified atom stereocenters. The summed E-state index contributed by atoms with van der Waals surface area (Å²) in [6.07, 6.45) is 1.15. The Hall–Kier alpha value is -3.30. The van der Waals surface area contributed by atoms with E-state index in [0.29, 0.717) is 6.07 Å². The van der Waals surface area contributed by atoms with Gasteiger partial charge in [-0.15, -0.1) is 0 Å². The minimum absolute atomic E-state index is 0.0606.